The minimum absolute atomic E-state index is 0.251. The van der Waals surface area contributed by atoms with Crippen LogP contribution in [0.4, 0.5) is 0 Å². The van der Waals surface area contributed by atoms with Crippen molar-refractivity contribution in [2.75, 3.05) is 14.2 Å². The fourth-order valence-corrected chi connectivity index (χ4v) is 1.46. The monoisotopic (exact) mass is 207 g/mol. The first-order valence-corrected chi connectivity index (χ1v) is 4.78. The Bertz CT molecular complexity index is 356. The van der Waals surface area contributed by atoms with Crippen molar-refractivity contribution in [3.05, 3.63) is 23.3 Å². The molecular weight excluding hydrogens is 192 g/mol. The predicted molar refractivity (Wildman–Crippen MR) is 58.4 cm³/mol. The first-order valence-electron chi connectivity index (χ1n) is 4.78. The number of carbonyl (C=O) groups excluding carboxylic acids is 1. The zero-order chi connectivity index (χ0) is 11.4. The summed E-state index contributed by atoms with van der Waals surface area (Å²) in [6.45, 7) is 4.03. The van der Waals surface area contributed by atoms with Crippen LogP contribution in [0.1, 0.15) is 30.9 Å². The lowest BCUT2D eigenvalue weighted by molar-refractivity contribution is 0.354. The van der Waals surface area contributed by atoms with Crippen LogP contribution < -0.4 is 9.47 Å². The van der Waals surface area contributed by atoms with Gasteiger partial charge in [0.05, 0.1) is 14.2 Å². The third-order valence-corrected chi connectivity index (χ3v) is 2.29. The summed E-state index contributed by atoms with van der Waals surface area (Å²) in [5.74, 6) is 1.45. The summed E-state index contributed by atoms with van der Waals surface area (Å²) in [6, 6.07) is 3.48. The van der Waals surface area contributed by atoms with Crippen molar-refractivity contribution in [2.45, 2.75) is 19.8 Å². The molecule has 0 bridgehead atoms. The van der Waals surface area contributed by atoms with Crippen molar-refractivity contribution in [1.82, 2.24) is 0 Å². The van der Waals surface area contributed by atoms with Crippen molar-refractivity contribution in [3.63, 3.8) is 0 Å². The molecule has 0 N–H and O–H groups in total. The SMILES string of the molecule is COc1cc([C]=O)c(C(C)C)cc1OC. The molecule has 3 nitrogen and oxygen atoms in total. The number of hydrogen-bond donors (Lipinski definition) is 0. The topological polar surface area (TPSA) is 35.5 Å². The maximum Gasteiger partial charge on any atom is 0.233 e. The van der Waals surface area contributed by atoms with Crippen LogP contribution in [0.25, 0.3) is 0 Å². The predicted octanol–water partition coefficient (Wildman–Crippen LogP) is 2.29. The minimum atomic E-state index is 0.251. The Morgan fingerprint density at radius 2 is 1.67 bits per heavy atom. The van der Waals surface area contributed by atoms with E-state index in [0.29, 0.717) is 17.1 Å². The highest BCUT2D eigenvalue weighted by molar-refractivity contribution is 5.80. The highest BCUT2D eigenvalue weighted by Gasteiger charge is 2.13. The Morgan fingerprint density at radius 3 is 2.07 bits per heavy atom. The van der Waals surface area contributed by atoms with Gasteiger partial charge in [0, 0.05) is 5.56 Å². The molecule has 0 saturated heterocycles. The molecule has 81 valence electrons. The van der Waals surface area contributed by atoms with Gasteiger partial charge < -0.3 is 9.47 Å². The molecule has 0 heterocycles. The molecule has 0 atom stereocenters. The molecule has 1 aromatic rings. The number of benzene rings is 1. The third-order valence-electron chi connectivity index (χ3n) is 2.29. The molecule has 3 heteroatoms. The van der Waals surface area contributed by atoms with Gasteiger partial charge in [-0.15, -0.1) is 0 Å². The number of methoxy groups -OCH3 is 2. The minimum Gasteiger partial charge on any atom is -0.493 e. The molecule has 0 saturated carbocycles. The fourth-order valence-electron chi connectivity index (χ4n) is 1.46. The van der Waals surface area contributed by atoms with Crippen LogP contribution in [0.2, 0.25) is 0 Å². The van der Waals surface area contributed by atoms with Crippen molar-refractivity contribution in [1.29, 1.82) is 0 Å². The maximum absolute atomic E-state index is 10.8. The number of hydrogen-bond acceptors (Lipinski definition) is 3. The summed E-state index contributed by atoms with van der Waals surface area (Å²) in [5.41, 5.74) is 1.45. The number of ether oxygens (including phenoxy) is 2. The molecule has 1 radical (unpaired) electrons. The Labute approximate surface area is 90.0 Å². The van der Waals surface area contributed by atoms with Crippen LogP contribution >= 0.6 is 0 Å². The summed E-state index contributed by atoms with van der Waals surface area (Å²) in [4.78, 5) is 10.8. The van der Waals surface area contributed by atoms with E-state index >= 15 is 0 Å². The quantitative estimate of drug-likeness (QED) is 0.759. The molecule has 0 amide bonds. The Kier molecular flexibility index (Phi) is 3.72. The summed E-state index contributed by atoms with van der Waals surface area (Å²) in [7, 11) is 3.12. The number of rotatable bonds is 4. The van der Waals surface area contributed by atoms with Gasteiger partial charge in [0.25, 0.3) is 0 Å². The lowest BCUT2D eigenvalue weighted by Crippen LogP contribution is -1.99. The van der Waals surface area contributed by atoms with E-state index in [-0.39, 0.29) is 5.92 Å². The van der Waals surface area contributed by atoms with E-state index in [2.05, 4.69) is 0 Å². The lowest BCUT2D eigenvalue weighted by Gasteiger charge is -2.13. The van der Waals surface area contributed by atoms with Gasteiger partial charge in [-0.1, -0.05) is 13.8 Å². The second kappa shape index (κ2) is 4.82. The van der Waals surface area contributed by atoms with Gasteiger partial charge in [-0.3, -0.25) is 4.79 Å². The molecule has 0 aliphatic rings. The molecular formula is C12H15O3. The van der Waals surface area contributed by atoms with Gasteiger partial charge in [-0.05, 0) is 23.6 Å². The van der Waals surface area contributed by atoms with E-state index in [0.717, 1.165) is 5.56 Å². The summed E-state index contributed by atoms with van der Waals surface area (Å²) in [5, 5.41) is 0. The Hall–Kier alpha value is -1.51. The van der Waals surface area contributed by atoms with Gasteiger partial charge in [0.15, 0.2) is 11.5 Å². The van der Waals surface area contributed by atoms with Crippen LogP contribution in [-0.2, 0) is 4.79 Å². The van der Waals surface area contributed by atoms with Crippen molar-refractivity contribution in [3.8, 4) is 11.5 Å². The zero-order valence-electron chi connectivity index (χ0n) is 9.46. The normalized spacial score (nSPS) is 10.2. The highest BCUT2D eigenvalue weighted by Crippen LogP contribution is 2.32. The average Bonchev–Trinajstić information content (AvgIpc) is 2.26. The molecule has 1 aromatic carbocycles. The van der Waals surface area contributed by atoms with E-state index in [4.69, 9.17) is 9.47 Å². The molecule has 0 spiro atoms. The standard InChI is InChI=1S/C12H15O3/c1-8(2)10-6-12(15-4)11(14-3)5-9(10)7-13/h5-6,8H,1-4H3. The summed E-state index contributed by atoms with van der Waals surface area (Å²) in [6.07, 6.45) is 1.92. The zero-order valence-corrected chi connectivity index (χ0v) is 9.46. The van der Waals surface area contributed by atoms with E-state index < -0.39 is 0 Å². The van der Waals surface area contributed by atoms with Crippen LogP contribution in [0, 0.1) is 0 Å². The van der Waals surface area contributed by atoms with Crippen LogP contribution in [-0.4, -0.2) is 20.5 Å². The smallest absolute Gasteiger partial charge is 0.233 e. The van der Waals surface area contributed by atoms with Gasteiger partial charge in [-0.25, -0.2) is 0 Å². The highest BCUT2D eigenvalue weighted by atomic mass is 16.5. The van der Waals surface area contributed by atoms with Crippen LogP contribution in [0.5, 0.6) is 11.5 Å². The maximum atomic E-state index is 10.8. The molecule has 0 fully saturated rings. The Morgan fingerprint density at radius 1 is 1.13 bits per heavy atom. The molecule has 0 aliphatic heterocycles. The van der Waals surface area contributed by atoms with Crippen LogP contribution in [0.3, 0.4) is 0 Å². The summed E-state index contributed by atoms with van der Waals surface area (Å²) < 4.78 is 10.3. The average molecular weight is 207 g/mol. The van der Waals surface area contributed by atoms with Gasteiger partial charge in [0.1, 0.15) is 0 Å². The van der Waals surface area contributed by atoms with Gasteiger partial charge in [0.2, 0.25) is 6.29 Å². The largest absolute Gasteiger partial charge is 0.493 e. The van der Waals surface area contributed by atoms with Crippen molar-refractivity contribution < 1.29 is 14.3 Å². The second-order valence-corrected chi connectivity index (χ2v) is 3.55. The van der Waals surface area contributed by atoms with Gasteiger partial charge in [-0.2, -0.15) is 0 Å². The van der Waals surface area contributed by atoms with E-state index in [1.54, 1.807) is 20.3 Å². The molecule has 0 aromatic heterocycles. The lowest BCUT2D eigenvalue weighted by atomic mass is 9.97. The van der Waals surface area contributed by atoms with E-state index in [1.807, 2.05) is 26.2 Å². The van der Waals surface area contributed by atoms with Crippen molar-refractivity contribution in [2.24, 2.45) is 0 Å². The van der Waals surface area contributed by atoms with Crippen molar-refractivity contribution >= 4 is 6.29 Å². The van der Waals surface area contributed by atoms with Gasteiger partial charge >= 0.3 is 0 Å². The molecule has 0 unspecified atom stereocenters. The summed E-state index contributed by atoms with van der Waals surface area (Å²) >= 11 is 0. The first kappa shape index (κ1) is 11.6. The molecule has 0 aliphatic carbocycles. The first-order chi connectivity index (χ1) is 7.13. The van der Waals surface area contributed by atoms with E-state index in [9.17, 15) is 4.79 Å². The Balaban J connectivity index is 3.34. The van der Waals surface area contributed by atoms with Crippen LogP contribution in [0.15, 0.2) is 12.1 Å². The fraction of sp³-hybridized carbons (Fsp3) is 0.417. The van der Waals surface area contributed by atoms with E-state index in [1.165, 1.54) is 0 Å². The molecule has 15 heavy (non-hydrogen) atoms. The third kappa shape index (κ3) is 2.29. The second-order valence-electron chi connectivity index (χ2n) is 3.55. The molecule has 1 rings (SSSR count).